The van der Waals surface area contributed by atoms with Gasteiger partial charge in [0.05, 0.1) is 4.90 Å². The average molecular weight is 400 g/mol. The molecule has 0 radical (unpaired) electrons. The number of hydrogen-bond acceptors (Lipinski definition) is 2. The van der Waals surface area contributed by atoms with Gasteiger partial charge >= 0.3 is 0 Å². The minimum atomic E-state index is -0.688. The average Bonchev–Trinajstić information content (AvgIpc) is 2.71. The number of halogens is 2. The van der Waals surface area contributed by atoms with Crippen molar-refractivity contribution in [3.8, 4) is 16.5 Å². The molecule has 0 unspecified atom stereocenters. The van der Waals surface area contributed by atoms with Crippen molar-refractivity contribution in [2.24, 2.45) is 5.92 Å². The predicted molar refractivity (Wildman–Crippen MR) is 112 cm³/mol. The molecule has 1 nitrogen and oxygen atoms in total. The van der Waals surface area contributed by atoms with Gasteiger partial charge in [0.15, 0.2) is 0 Å². The Morgan fingerprint density at radius 1 is 0.964 bits per heavy atom. The number of nitriles is 1. The molecule has 0 saturated heterocycles. The molecule has 0 heterocycles. The Labute approximate surface area is 171 Å². The van der Waals surface area contributed by atoms with Crippen molar-refractivity contribution < 1.29 is 8.78 Å². The normalized spacial score (nSPS) is 19.4. The molecule has 0 atom stereocenters. The lowest BCUT2D eigenvalue weighted by Crippen LogP contribution is -2.13. The summed E-state index contributed by atoms with van der Waals surface area (Å²) in [4.78, 5) is -0.237. The first kappa shape index (κ1) is 20.9. The molecule has 0 aliphatic heterocycles. The van der Waals surface area contributed by atoms with E-state index in [1.54, 1.807) is 5.40 Å². The molecule has 0 aromatic heterocycles. The Hall–Kier alpha value is -1.86. The number of hydrogen-bond donors (Lipinski definition) is 0. The summed E-state index contributed by atoms with van der Waals surface area (Å²) in [6.07, 6.45) is 10.5. The zero-order valence-electron chi connectivity index (χ0n) is 16.4. The molecular weight excluding hydrogens is 372 g/mol. The number of thiocyanates is 1. The van der Waals surface area contributed by atoms with E-state index in [4.69, 9.17) is 5.26 Å². The minimum Gasteiger partial charge on any atom is -0.206 e. The monoisotopic (exact) mass is 399 g/mol. The summed E-state index contributed by atoms with van der Waals surface area (Å²) in [7, 11) is 0. The van der Waals surface area contributed by atoms with Crippen molar-refractivity contribution in [1.82, 2.24) is 0 Å². The van der Waals surface area contributed by atoms with Crippen molar-refractivity contribution in [3.63, 3.8) is 0 Å². The summed E-state index contributed by atoms with van der Waals surface area (Å²) in [5, 5.41) is 10.4. The van der Waals surface area contributed by atoms with Gasteiger partial charge in [-0.1, -0.05) is 56.9 Å². The number of unbranched alkanes of at least 4 members (excludes halogenated alkanes) is 2. The number of benzene rings is 2. The number of nitrogens with zero attached hydrogens (tertiary/aromatic N) is 1. The molecule has 1 aliphatic carbocycles. The smallest absolute Gasteiger partial charge is 0.141 e. The van der Waals surface area contributed by atoms with Gasteiger partial charge in [-0.15, -0.1) is 0 Å². The van der Waals surface area contributed by atoms with Gasteiger partial charge in [-0.2, -0.15) is 5.26 Å². The molecule has 28 heavy (non-hydrogen) atoms. The van der Waals surface area contributed by atoms with Crippen LogP contribution in [0.2, 0.25) is 0 Å². The second kappa shape index (κ2) is 10.1. The molecule has 3 rings (SSSR count). The van der Waals surface area contributed by atoms with E-state index >= 15 is 0 Å². The molecule has 1 aliphatic rings. The highest BCUT2D eigenvalue weighted by Gasteiger charge is 2.22. The fraction of sp³-hybridized carbons (Fsp3) is 0.458. The van der Waals surface area contributed by atoms with Crippen molar-refractivity contribution in [1.29, 1.82) is 5.26 Å². The topological polar surface area (TPSA) is 23.8 Å². The Kier molecular flexibility index (Phi) is 7.50. The highest BCUT2D eigenvalue weighted by molar-refractivity contribution is 8.03. The fourth-order valence-corrected chi connectivity index (χ4v) is 4.69. The summed E-state index contributed by atoms with van der Waals surface area (Å²) in [6.45, 7) is 2.25. The Bertz CT molecular complexity index is 794. The molecule has 1 fully saturated rings. The Morgan fingerprint density at radius 2 is 1.61 bits per heavy atom. The van der Waals surface area contributed by atoms with Crippen LogP contribution in [-0.4, -0.2) is 0 Å². The lowest BCUT2D eigenvalue weighted by molar-refractivity contribution is 0.303. The third-order valence-electron chi connectivity index (χ3n) is 5.92. The van der Waals surface area contributed by atoms with Crippen LogP contribution in [0, 0.1) is 28.2 Å². The zero-order valence-corrected chi connectivity index (χ0v) is 17.2. The fourth-order valence-electron chi connectivity index (χ4n) is 4.28. The van der Waals surface area contributed by atoms with Crippen molar-refractivity contribution in [2.75, 3.05) is 0 Å². The van der Waals surface area contributed by atoms with Crippen LogP contribution in [0.25, 0.3) is 11.1 Å². The summed E-state index contributed by atoms with van der Waals surface area (Å²) in [5.74, 6) is 0.108. The van der Waals surface area contributed by atoms with Crippen LogP contribution in [0.1, 0.15) is 69.8 Å². The van der Waals surface area contributed by atoms with Crippen molar-refractivity contribution in [3.05, 3.63) is 53.6 Å². The van der Waals surface area contributed by atoms with Gasteiger partial charge in [0.25, 0.3) is 0 Å². The Balaban J connectivity index is 1.64. The first-order valence-electron chi connectivity index (χ1n) is 10.3. The molecule has 0 spiro atoms. The van der Waals surface area contributed by atoms with Crippen LogP contribution in [0.15, 0.2) is 41.3 Å². The molecule has 148 valence electrons. The largest absolute Gasteiger partial charge is 0.206 e. The maximum absolute atomic E-state index is 14.1. The van der Waals surface area contributed by atoms with E-state index in [9.17, 15) is 8.78 Å². The summed E-state index contributed by atoms with van der Waals surface area (Å²) < 4.78 is 28.2. The number of rotatable bonds is 7. The second-order valence-electron chi connectivity index (χ2n) is 7.80. The summed E-state index contributed by atoms with van der Waals surface area (Å²) in [6, 6.07) is 10.7. The number of thioether (sulfide) groups is 1. The molecule has 0 N–H and O–H groups in total. The lowest BCUT2D eigenvalue weighted by Gasteiger charge is -2.29. The van der Waals surface area contributed by atoms with Gasteiger partial charge in [0.2, 0.25) is 0 Å². The van der Waals surface area contributed by atoms with Gasteiger partial charge < -0.3 is 0 Å². The van der Waals surface area contributed by atoms with Crippen LogP contribution in [0.5, 0.6) is 0 Å². The molecule has 0 bridgehead atoms. The van der Waals surface area contributed by atoms with E-state index in [1.165, 1.54) is 69.1 Å². The highest BCUT2D eigenvalue weighted by Crippen LogP contribution is 2.38. The van der Waals surface area contributed by atoms with Crippen LogP contribution >= 0.6 is 11.8 Å². The van der Waals surface area contributed by atoms with Crippen molar-refractivity contribution in [2.45, 2.75) is 69.1 Å². The first-order chi connectivity index (χ1) is 13.6. The zero-order chi connectivity index (χ0) is 19.9. The van der Waals surface area contributed by atoms with Crippen LogP contribution < -0.4 is 0 Å². The summed E-state index contributed by atoms with van der Waals surface area (Å²) >= 11 is 0.515. The minimum absolute atomic E-state index is 0.237. The quantitative estimate of drug-likeness (QED) is 0.267. The SMILES string of the molecule is CCCCCC1CCC(c2ccc(-c3cc(F)c(SC#N)c(F)c3)cc2)CC1. The summed E-state index contributed by atoms with van der Waals surface area (Å²) in [5.41, 5.74) is 2.63. The standard InChI is InChI=1S/C24H27F2NS/c1-2-3-4-5-17-6-8-18(9-7-17)19-10-12-20(13-11-19)21-14-22(25)24(28-16-27)23(26)15-21/h10-15,17-18H,2-9H2,1H3. The highest BCUT2D eigenvalue weighted by atomic mass is 32.2. The van der Waals surface area contributed by atoms with E-state index in [1.807, 2.05) is 12.1 Å². The van der Waals surface area contributed by atoms with Gasteiger partial charge in [0, 0.05) is 0 Å². The molecule has 1 saturated carbocycles. The van der Waals surface area contributed by atoms with E-state index in [0.29, 0.717) is 23.2 Å². The molecule has 2 aromatic carbocycles. The predicted octanol–water partition coefficient (Wildman–Crippen LogP) is 8.06. The van der Waals surface area contributed by atoms with E-state index in [2.05, 4.69) is 19.1 Å². The van der Waals surface area contributed by atoms with E-state index in [0.717, 1.165) is 11.5 Å². The van der Waals surface area contributed by atoms with Crippen LogP contribution in [0.4, 0.5) is 8.78 Å². The first-order valence-corrected chi connectivity index (χ1v) is 11.1. The second-order valence-corrected chi connectivity index (χ2v) is 8.59. The molecule has 2 aromatic rings. The third kappa shape index (κ3) is 5.14. The maximum Gasteiger partial charge on any atom is 0.141 e. The molecule has 0 amide bonds. The molecule has 4 heteroatoms. The van der Waals surface area contributed by atoms with Crippen LogP contribution in [0.3, 0.4) is 0 Å². The van der Waals surface area contributed by atoms with Crippen molar-refractivity contribution >= 4 is 11.8 Å². The Morgan fingerprint density at radius 3 is 2.18 bits per heavy atom. The maximum atomic E-state index is 14.1. The van der Waals surface area contributed by atoms with E-state index in [-0.39, 0.29) is 4.90 Å². The van der Waals surface area contributed by atoms with Gasteiger partial charge in [-0.25, -0.2) is 8.78 Å². The van der Waals surface area contributed by atoms with Gasteiger partial charge in [-0.3, -0.25) is 0 Å². The molecular formula is C24H27F2NS. The lowest BCUT2D eigenvalue weighted by atomic mass is 9.77. The van der Waals surface area contributed by atoms with Crippen LogP contribution in [-0.2, 0) is 0 Å². The van der Waals surface area contributed by atoms with Gasteiger partial charge in [0.1, 0.15) is 17.0 Å². The van der Waals surface area contributed by atoms with Gasteiger partial charge in [-0.05, 0) is 78.1 Å². The third-order valence-corrected chi connectivity index (χ3v) is 6.61. The van der Waals surface area contributed by atoms with E-state index < -0.39 is 11.6 Å².